The predicted molar refractivity (Wildman–Crippen MR) is 222 cm³/mol. The monoisotopic (exact) mass is 719 g/mol. The third-order valence-corrected chi connectivity index (χ3v) is 10.6. The van der Waals surface area contributed by atoms with E-state index in [1.54, 1.807) is 0 Å². The summed E-state index contributed by atoms with van der Waals surface area (Å²) >= 11 is 0. The predicted octanol–water partition coefficient (Wildman–Crippen LogP) is 10.4. The van der Waals surface area contributed by atoms with Crippen LogP contribution in [-0.2, 0) is 0 Å². The molecule has 9 nitrogen and oxygen atoms in total. The molecule has 0 fully saturated rings. The van der Waals surface area contributed by atoms with E-state index in [0.717, 1.165) is 83.6 Å². The molecule has 262 valence electrons. The summed E-state index contributed by atoms with van der Waals surface area (Å²) in [7, 11) is 0. The zero-order valence-corrected chi connectivity index (χ0v) is 29.8. The van der Waals surface area contributed by atoms with E-state index in [4.69, 9.17) is 24.9 Å². The van der Waals surface area contributed by atoms with Crippen molar-refractivity contribution in [3.63, 3.8) is 0 Å². The van der Waals surface area contributed by atoms with Gasteiger partial charge in [-0.3, -0.25) is 13.4 Å². The third-order valence-electron chi connectivity index (χ3n) is 10.6. The molecule has 0 aliphatic rings. The van der Waals surface area contributed by atoms with Gasteiger partial charge >= 0.3 is 0 Å². The Bertz CT molecular complexity index is 3410. The van der Waals surface area contributed by atoms with Crippen LogP contribution in [0.2, 0.25) is 0 Å². The molecule has 7 aromatic carbocycles. The smallest absolute Gasteiger partial charge is 0.241 e. The van der Waals surface area contributed by atoms with Crippen LogP contribution in [0.1, 0.15) is 0 Å². The van der Waals surface area contributed by atoms with Gasteiger partial charge in [0.05, 0.1) is 44.1 Å². The van der Waals surface area contributed by atoms with Gasteiger partial charge in [-0.2, -0.15) is 9.97 Å². The highest BCUT2D eigenvalue weighted by atomic mass is 15.3. The molecule has 0 saturated carbocycles. The second kappa shape index (κ2) is 11.8. The van der Waals surface area contributed by atoms with Crippen LogP contribution in [0.25, 0.3) is 101 Å². The average molecular weight is 720 g/mol. The highest BCUT2D eigenvalue weighted by Gasteiger charge is 2.23. The summed E-state index contributed by atoms with van der Waals surface area (Å²) in [5, 5.41) is 0. The lowest BCUT2D eigenvalue weighted by atomic mass is 10.0. The summed E-state index contributed by atoms with van der Waals surface area (Å²) in [6, 6.07) is 60.4. The number of benzene rings is 7. The van der Waals surface area contributed by atoms with Gasteiger partial charge in [0, 0.05) is 16.8 Å². The van der Waals surface area contributed by atoms with Crippen molar-refractivity contribution in [2.75, 3.05) is 0 Å². The quantitative estimate of drug-likeness (QED) is 0.177. The fourth-order valence-corrected chi connectivity index (χ4v) is 8.09. The molecule has 5 aromatic heterocycles. The van der Waals surface area contributed by atoms with Gasteiger partial charge in [0.2, 0.25) is 17.5 Å². The number of rotatable bonds is 5. The SMILES string of the molecule is c1ccc(-c2nc(-c3ccccc3)nc(-n3c4ccc(-c5ccc6c(c5)n5c7ccccc7nc5n6-c5ccccc5)cc4n4c5ccccc5nc34)n2)cc1. The maximum atomic E-state index is 5.18. The molecule has 0 spiro atoms. The van der Waals surface area contributed by atoms with Crippen molar-refractivity contribution in [3.8, 4) is 45.5 Å². The summed E-state index contributed by atoms with van der Waals surface area (Å²) < 4.78 is 8.79. The minimum Gasteiger partial charge on any atom is -0.278 e. The van der Waals surface area contributed by atoms with E-state index in [0.29, 0.717) is 17.6 Å². The topological polar surface area (TPSA) is 83.1 Å². The number of hydrogen-bond acceptors (Lipinski definition) is 5. The molecular formula is C47H29N9. The Morgan fingerprint density at radius 1 is 0.304 bits per heavy atom. The molecule has 0 N–H and O–H groups in total. The van der Waals surface area contributed by atoms with Crippen LogP contribution in [-0.4, -0.2) is 42.9 Å². The maximum Gasteiger partial charge on any atom is 0.241 e. The molecule has 0 amide bonds. The van der Waals surface area contributed by atoms with E-state index in [9.17, 15) is 0 Å². The number of nitrogens with zero attached hydrogens (tertiary/aromatic N) is 9. The first kappa shape index (κ1) is 30.5. The maximum absolute atomic E-state index is 5.18. The van der Waals surface area contributed by atoms with E-state index < -0.39 is 0 Å². The third kappa shape index (κ3) is 4.51. The fourth-order valence-electron chi connectivity index (χ4n) is 8.09. The van der Waals surface area contributed by atoms with Crippen LogP contribution in [0.4, 0.5) is 0 Å². The van der Waals surface area contributed by atoms with Crippen LogP contribution >= 0.6 is 0 Å². The average Bonchev–Trinajstić information content (AvgIpc) is 4.00. The normalized spacial score (nSPS) is 11.9. The summed E-state index contributed by atoms with van der Waals surface area (Å²) in [5.41, 5.74) is 13.1. The molecule has 0 bridgehead atoms. The minimum absolute atomic E-state index is 0.499. The molecule has 9 heteroatoms. The lowest BCUT2D eigenvalue weighted by Gasteiger charge is -2.10. The number of aromatic nitrogens is 9. The van der Waals surface area contributed by atoms with E-state index in [1.807, 2.05) is 84.9 Å². The van der Waals surface area contributed by atoms with Gasteiger partial charge in [-0.1, -0.05) is 115 Å². The number of hydrogen-bond donors (Lipinski definition) is 0. The Morgan fingerprint density at radius 2 is 0.750 bits per heavy atom. The molecule has 0 radical (unpaired) electrons. The molecule has 12 aromatic rings. The second-order valence-corrected chi connectivity index (χ2v) is 13.9. The first-order valence-electron chi connectivity index (χ1n) is 18.5. The van der Waals surface area contributed by atoms with Gasteiger partial charge in [-0.05, 0) is 71.8 Å². The minimum atomic E-state index is 0.499. The zero-order chi connectivity index (χ0) is 36.7. The summed E-state index contributed by atoms with van der Waals surface area (Å²) in [4.78, 5) is 25.5. The van der Waals surface area contributed by atoms with Crippen molar-refractivity contribution in [2.24, 2.45) is 0 Å². The molecule has 5 heterocycles. The second-order valence-electron chi connectivity index (χ2n) is 13.9. The van der Waals surface area contributed by atoms with Crippen molar-refractivity contribution in [1.82, 2.24) is 42.9 Å². The van der Waals surface area contributed by atoms with Crippen molar-refractivity contribution in [3.05, 3.63) is 176 Å². The summed E-state index contributed by atoms with van der Waals surface area (Å²) in [5.74, 6) is 3.29. The van der Waals surface area contributed by atoms with Crippen molar-refractivity contribution in [2.45, 2.75) is 0 Å². The lowest BCUT2D eigenvalue weighted by molar-refractivity contribution is 0.937. The standard InChI is InChI=1S/C47H29N9/c1-4-14-30(15-5-1)43-50-44(31-16-6-2-7-17-31)52-45(51-43)56-40-27-25-33(29-42(40)55-38-23-13-11-21-36(38)49-47(55)56)32-24-26-39-41(28-32)54-37-22-12-10-20-35(37)48-46(54)53(39)34-18-8-3-9-19-34/h1-29H. The Labute approximate surface area is 319 Å². The van der Waals surface area contributed by atoms with E-state index in [1.165, 1.54) is 0 Å². The number of imidazole rings is 4. The molecule has 0 aliphatic heterocycles. The molecule has 0 aliphatic carbocycles. The van der Waals surface area contributed by atoms with Crippen molar-refractivity contribution < 1.29 is 0 Å². The van der Waals surface area contributed by atoms with Crippen LogP contribution in [0, 0.1) is 0 Å². The first-order valence-corrected chi connectivity index (χ1v) is 18.5. The Morgan fingerprint density at radius 3 is 1.29 bits per heavy atom. The van der Waals surface area contributed by atoms with E-state index >= 15 is 0 Å². The zero-order valence-electron chi connectivity index (χ0n) is 29.8. The van der Waals surface area contributed by atoms with Crippen molar-refractivity contribution >= 4 is 55.7 Å². The van der Waals surface area contributed by atoms with Gasteiger partial charge in [0.15, 0.2) is 11.6 Å². The molecule has 0 atom stereocenters. The van der Waals surface area contributed by atoms with Crippen LogP contribution < -0.4 is 0 Å². The first-order chi connectivity index (χ1) is 27.8. The van der Waals surface area contributed by atoms with Gasteiger partial charge in [-0.15, -0.1) is 0 Å². The van der Waals surface area contributed by atoms with E-state index in [2.05, 4.69) is 109 Å². The largest absolute Gasteiger partial charge is 0.278 e. The molecule has 0 unspecified atom stereocenters. The number of fused-ring (bicyclic) bond motifs is 10. The summed E-state index contributed by atoms with van der Waals surface area (Å²) in [6.07, 6.45) is 0. The Hall–Kier alpha value is -7.91. The van der Waals surface area contributed by atoms with Gasteiger partial charge in [0.25, 0.3) is 0 Å². The van der Waals surface area contributed by atoms with E-state index in [-0.39, 0.29) is 0 Å². The Kier molecular flexibility index (Phi) is 6.43. The van der Waals surface area contributed by atoms with Crippen LogP contribution in [0.15, 0.2) is 176 Å². The van der Waals surface area contributed by atoms with Gasteiger partial charge in [-0.25, -0.2) is 19.5 Å². The highest BCUT2D eigenvalue weighted by molar-refractivity contribution is 5.97. The van der Waals surface area contributed by atoms with Gasteiger partial charge < -0.3 is 0 Å². The fraction of sp³-hybridized carbons (Fsp3) is 0. The Balaban J connectivity index is 1.11. The molecule has 12 rings (SSSR count). The number of para-hydroxylation sites is 5. The van der Waals surface area contributed by atoms with Gasteiger partial charge in [0.1, 0.15) is 0 Å². The van der Waals surface area contributed by atoms with Crippen molar-refractivity contribution in [1.29, 1.82) is 0 Å². The van der Waals surface area contributed by atoms with Crippen LogP contribution in [0.3, 0.4) is 0 Å². The highest BCUT2D eigenvalue weighted by Crippen LogP contribution is 2.36. The van der Waals surface area contributed by atoms with Crippen LogP contribution in [0.5, 0.6) is 0 Å². The lowest BCUT2D eigenvalue weighted by Crippen LogP contribution is -2.07. The summed E-state index contributed by atoms with van der Waals surface area (Å²) in [6.45, 7) is 0. The molecule has 56 heavy (non-hydrogen) atoms. The molecule has 0 saturated heterocycles. The molecular weight excluding hydrogens is 691 g/mol.